The summed E-state index contributed by atoms with van der Waals surface area (Å²) in [5, 5.41) is 16.4. The number of fused-ring (bicyclic) bond motifs is 1. The molecule has 59 heavy (non-hydrogen) atoms. The molecule has 0 spiro atoms. The fourth-order valence-electron chi connectivity index (χ4n) is 6.56. The van der Waals surface area contributed by atoms with Gasteiger partial charge in [-0.3, -0.25) is 10.1 Å². The van der Waals surface area contributed by atoms with Crippen molar-refractivity contribution in [3.05, 3.63) is 166 Å². The number of nitrogens with one attached hydrogen (secondary N) is 3. The fraction of sp³-hybridized carbons (Fsp3) is 0.265. The Labute approximate surface area is 348 Å². The van der Waals surface area contributed by atoms with Gasteiger partial charge >= 0.3 is 6.09 Å². The van der Waals surface area contributed by atoms with Crippen LogP contribution in [0.4, 0.5) is 10.5 Å². The number of hydrogen-bond donors (Lipinski definition) is 4. The summed E-state index contributed by atoms with van der Waals surface area (Å²) < 4.78 is 19.4. The quantitative estimate of drug-likeness (QED) is 0.0504. The number of amides is 1. The van der Waals surface area contributed by atoms with Gasteiger partial charge in [0.2, 0.25) is 5.56 Å². The van der Waals surface area contributed by atoms with Crippen molar-refractivity contribution in [1.29, 1.82) is 0 Å². The van der Waals surface area contributed by atoms with Gasteiger partial charge in [-0.05, 0) is 102 Å². The lowest BCUT2D eigenvalue weighted by molar-refractivity contribution is 0.182. The Kier molecular flexibility index (Phi) is 14.2. The summed E-state index contributed by atoms with van der Waals surface area (Å²) in [5.41, 5.74) is 7.04. The van der Waals surface area contributed by atoms with E-state index >= 15 is 0 Å². The van der Waals surface area contributed by atoms with Crippen LogP contribution >= 0.6 is 0 Å². The lowest BCUT2D eigenvalue weighted by Crippen LogP contribution is -2.43. The zero-order chi connectivity index (χ0) is 41.8. The Morgan fingerprint density at radius 1 is 0.847 bits per heavy atom. The van der Waals surface area contributed by atoms with Crippen molar-refractivity contribution in [3.8, 4) is 22.6 Å². The molecule has 0 aliphatic rings. The van der Waals surface area contributed by atoms with Gasteiger partial charge in [0.15, 0.2) is 8.32 Å². The Balaban J connectivity index is 1.04. The van der Waals surface area contributed by atoms with Gasteiger partial charge in [0.25, 0.3) is 0 Å². The number of pyridine rings is 1. The summed E-state index contributed by atoms with van der Waals surface area (Å²) in [6.45, 7) is 13.6. The van der Waals surface area contributed by atoms with Crippen LogP contribution in [0.3, 0.4) is 0 Å². The van der Waals surface area contributed by atoms with E-state index in [0.717, 1.165) is 51.9 Å². The van der Waals surface area contributed by atoms with Crippen LogP contribution < -0.4 is 25.7 Å². The molecule has 1 atom stereocenters. The van der Waals surface area contributed by atoms with Gasteiger partial charge in [0.1, 0.15) is 18.1 Å². The van der Waals surface area contributed by atoms with Crippen LogP contribution in [0, 0.1) is 0 Å². The smallest absolute Gasteiger partial charge is 0.409 e. The average Bonchev–Trinajstić information content (AvgIpc) is 3.22. The third-order valence-electron chi connectivity index (χ3n) is 10.8. The minimum atomic E-state index is -2.19. The van der Waals surface area contributed by atoms with Crippen LogP contribution in [0.25, 0.3) is 28.1 Å². The number of carboxylic acid groups (broad SMARTS) is 1. The molecule has 1 aromatic heterocycles. The topological polar surface area (TPSA) is 122 Å². The maximum atomic E-state index is 12.6. The van der Waals surface area contributed by atoms with Gasteiger partial charge < -0.3 is 29.3 Å². The zero-order valence-electron chi connectivity index (χ0n) is 34.6. The molecular weight excluding hydrogens is 755 g/mol. The summed E-state index contributed by atoms with van der Waals surface area (Å²) >= 11 is 0. The third kappa shape index (κ3) is 11.8. The van der Waals surface area contributed by atoms with Crippen molar-refractivity contribution in [2.24, 2.45) is 0 Å². The van der Waals surface area contributed by atoms with Crippen LogP contribution in [0.1, 0.15) is 55.5 Å². The molecular formula is C49H55N3O6Si. The highest BCUT2D eigenvalue weighted by Gasteiger charge is 2.39. The molecule has 0 aliphatic heterocycles. The Morgan fingerprint density at radius 2 is 1.58 bits per heavy atom. The molecule has 0 bridgehead atoms. The average molecular weight is 810 g/mol. The van der Waals surface area contributed by atoms with Crippen LogP contribution in [0.15, 0.2) is 138 Å². The van der Waals surface area contributed by atoms with Gasteiger partial charge in [-0.1, -0.05) is 118 Å². The Morgan fingerprint density at radius 3 is 2.29 bits per heavy atom. The summed E-state index contributed by atoms with van der Waals surface area (Å²) in [4.78, 5) is 26.9. The fourth-order valence-corrected chi connectivity index (χ4v) is 7.84. The van der Waals surface area contributed by atoms with E-state index in [9.17, 15) is 14.7 Å². The Hall–Kier alpha value is -5.94. The Bertz CT molecular complexity index is 2390. The summed E-state index contributed by atoms with van der Waals surface area (Å²) in [5.74, 6) is 1.44. The maximum Gasteiger partial charge on any atom is 0.409 e. The summed E-state index contributed by atoms with van der Waals surface area (Å²) in [6.07, 6.45) is 4.31. The second-order valence-electron chi connectivity index (χ2n) is 16.1. The molecule has 6 aromatic rings. The van der Waals surface area contributed by atoms with Crippen LogP contribution in [0.2, 0.25) is 18.1 Å². The normalized spacial score (nSPS) is 12.4. The van der Waals surface area contributed by atoms with E-state index in [0.29, 0.717) is 43.1 Å². The highest BCUT2D eigenvalue weighted by Crippen LogP contribution is 2.41. The van der Waals surface area contributed by atoms with Crippen molar-refractivity contribution >= 4 is 37.1 Å². The summed E-state index contributed by atoms with van der Waals surface area (Å²) in [7, 11) is -2.19. The summed E-state index contributed by atoms with van der Waals surface area (Å²) in [6, 6.07) is 41.1. The van der Waals surface area contributed by atoms with Gasteiger partial charge in [-0.2, -0.15) is 0 Å². The number of anilines is 1. The molecule has 1 heterocycles. The van der Waals surface area contributed by atoms with E-state index in [4.69, 9.17) is 13.9 Å². The monoisotopic (exact) mass is 809 g/mol. The van der Waals surface area contributed by atoms with E-state index in [2.05, 4.69) is 73.8 Å². The lowest BCUT2D eigenvalue weighted by Gasteiger charge is -2.39. The first-order valence-corrected chi connectivity index (χ1v) is 23.1. The molecule has 10 heteroatoms. The predicted octanol–water partition coefficient (Wildman–Crippen LogP) is 11.2. The van der Waals surface area contributed by atoms with Crippen molar-refractivity contribution < 1.29 is 23.8 Å². The van der Waals surface area contributed by atoms with E-state index < -0.39 is 14.4 Å². The third-order valence-corrected chi connectivity index (χ3v) is 15.3. The molecule has 1 amide bonds. The first-order chi connectivity index (χ1) is 28.4. The zero-order valence-corrected chi connectivity index (χ0v) is 35.6. The number of H-pyrrole nitrogens is 1. The number of hydrogen-bond acceptors (Lipinski definition) is 6. The van der Waals surface area contributed by atoms with Crippen molar-refractivity contribution in [1.82, 2.24) is 10.3 Å². The molecule has 0 unspecified atom stereocenters. The van der Waals surface area contributed by atoms with Crippen LogP contribution in [-0.2, 0) is 17.5 Å². The maximum absolute atomic E-state index is 12.6. The van der Waals surface area contributed by atoms with Crippen molar-refractivity contribution in [2.75, 3.05) is 25.0 Å². The molecule has 0 saturated heterocycles. The number of aromatic nitrogens is 1. The molecule has 6 rings (SSSR count). The van der Waals surface area contributed by atoms with Crippen LogP contribution in [0.5, 0.6) is 11.5 Å². The predicted molar refractivity (Wildman–Crippen MR) is 242 cm³/mol. The second-order valence-corrected chi connectivity index (χ2v) is 20.9. The molecule has 9 nitrogen and oxygen atoms in total. The molecule has 0 saturated carbocycles. The molecule has 306 valence electrons. The number of rotatable bonds is 18. The largest absolute Gasteiger partial charge is 0.493 e. The minimum absolute atomic E-state index is 0.00961. The van der Waals surface area contributed by atoms with Gasteiger partial charge in [0.05, 0.1) is 23.9 Å². The molecule has 0 radical (unpaired) electrons. The number of aromatic amines is 1. The van der Waals surface area contributed by atoms with Gasteiger partial charge in [-0.15, -0.1) is 0 Å². The van der Waals surface area contributed by atoms with Gasteiger partial charge in [0, 0.05) is 23.6 Å². The number of carbonyl (C=O) groups is 1. The standard InChI is InChI=1S/C49H55N3O6Si/c1-49(2,3)59(4,5)58-45(40-24-27-44(47-41(40)25-28-46(53)52-47)57-34-37-15-8-6-9-16-37)33-50-30-29-35-19-22-39(23-20-35)56-31-13-12-14-36-21-26-43(51-48(54)55)42(32-36)38-17-10-7-11-18-38/h6-12,14-28,32,45,50-51H,13,29-31,33-34H2,1-5H3,(H,52,53)(H,54,55)/b14-12+/t45-/m1/s1. The van der Waals surface area contributed by atoms with E-state index in [1.54, 1.807) is 12.1 Å². The molecule has 0 fully saturated rings. The van der Waals surface area contributed by atoms with Crippen molar-refractivity contribution in [3.63, 3.8) is 0 Å². The van der Waals surface area contributed by atoms with E-state index in [1.807, 2.05) is 103 Å². The van der Waals surface area contributed by atoms with Crippen LogP contribution in [-0.4, -0.2) is 44.2 Å². The highest BCUT2D eigenvalue weighted by atomic mass is 28.4. The van der Waals surface area contributed by atoms with E-state index in [-0.39, 0.29) is 16.7 Å². The molecule has 0 aliphatic carbocycles. The first-order valence-electron chi connectivity index (χ1n) is 20.2. The molecule has 4 N–H and O–H groups in total. The van der Waals surface area contributed by atoms with Crippen molar-refractivity contribution in [2.45, 2.75) is 64.5 Å². The number of ether oxygens (including phenoxy) is 2. The van der Waals surface area contributed by atoms with E-state index in [1.165, 1.54) is 5.56 Å². The minimum Gasteiger partial charge on any atom is -0.493 e. The highest BCUT2D eigenvalue weighted by molar-refractivity contribution is 6.74. The second kappa shape index (κ2) is 19.7. The lowest BCUT2D eigenvalue weighted by atomic mass is 10.0. The first kappa shape index (κ1) is 42.7. The number of benzene rings is 5. The SMILES string of the molecule is CC(C)(C)[Si](C)(C)O[C@H](CNCCc1ccc(OCC/C=C/c2ccc(NC(=O)O)c(-c3ccccc3)c2)cc1)c1ccc(OCc2ccccc2)c2[nH]c(=O)ccc12. The van der Waals surface area contributed by atoms with Gasteiger partial charge in [-0.25, -0.2) is 4.79 Å². The molecule has 5 aromatic carbocycles.